The number of rotatable bonds is 16. The van der Waals surface area contributed by atoms with Crippen molar-refractivity contribution in [3.8, 4) is 0 Å². The van der Waals surface area contributed by atoms with Gasteiger partial charge in [-0.3, -0.25) is 19.1 Å². The summed E-state index contributed by atoms with van der Waals surface area (Å²) in [6.45, 7) is 6.54. The third kappa shape index (κ3) is 12.5. The fourth-order valence-electron chi connectivity index (χ4n) is 3.37. The lowest BCUT2D eigenvalue weighted by Gasteiger charge is -2.18. The number of pyridine rings is 1. The number of allylic oxidation sites excluding steroid dienone is 1. The van der Waals surface area contributed by atoms with Crippen molar-refractivity contribution in [2.24, 2.45) is 5.92 Å². The van der Waals surface area contributed by atoms with Gasteiger partial charge >= 0.3 is 5.97 Å². The van der Waals surface area contributed by atoms with Gasteiger partial charge in [-0.25, -0.2) is 4.79 Å². The first kappa shape index (κ1) is 32.1. The van der Waals surface area contributed by atoms with Crippen molar-refractivity contribution in [2.75, 3.05) is 18.5 Å². The Kier molecular flexibility index (Phi) is 14.4. The number of anilines is 1. The van der Waals surface area contributed by atoms with Gasteiger partial charge < -0.3 is 19.9 Å². The maximum absolute atomic E-state index is 13.2. The van der Waals surface area contributed by atoms with Crippen LogP contribution in [0.3, 0.4) is 0 Å². The normalized spacial score (nSPS) is 11.9. The number of aromatic nitrogens is 1. The van der Waals surface area contributed by atoms with Gasteiger partial charge in [0.2, 0.25) is 11.8 Å². The van der Waals surface area contributed by atoms with E-state index in [0.717, 1.165) is 12.0 Å². The van der Waals surface area contributed by atoms with Crippen LogP contribution in [0.25, 0.3) is 0 Å². The minimum atomic E-state index is -0.665. The van der Waals surface area contributed by atoms with E-state index in [-0.39, 0.29) is 24.7 Å². The number of carbonyl (C=O) groups excluding carboxylic acids is 3. The van der Waals surface area contributed by atoms with E-state index >= 15 is 0 Å². The lowest BCUT2D eigenvalue weighted by atomic mass is 10.1. The highest BCUT2D eigenvalue weighted by Crippen LogP contribution is 2.15. The number of halogens is 1. The number of carbonyl (C=O) groups is 3. The van der Waals surface area contributed by atoms with Crippen LogP contribution in [0, 0.1) is 5.92 Å². The molecule has 2 amide bonds. The molecule has 1 aromatic heterocycles. The van der Waals surface area contributed by atoms with Crippen molar-refractivity contribution in [1.82, 2.24) is 14.6 Å². The molecule has 0 fully saturated rings. The van der Waals surface area contributed by atoms with Crippen LogP contribution in [0.15, 0.2) is 59.5 Å². The van der Waals surface area contributed by atoms with Crippen LogP contribution in [-0.4, -0.2) is 41.5 Å². The Morgan fingerprint density at radius 2 is 1.87 bits per heavy atom. The molecule has 0 bridgehead atoms. The number of hydrogen-bond donors (Lipinski definition) is 3. The number of ether oxygens (including phenoxy) is 1. The van der Waals surface area contributed by atoms with Crippen LogP contribution in [0.4, 0.5) is 5.69 Å². The van der Waals surface area contributed by atoms with Gasteiger partial charge in [0.1, 0.15) is 12.2 Å². The molecule has 0 radical (unpaired) electrons. The summed E-state index contributed by atoms with van der Waals surface area (Å²) >= 11 is 7.30. The first-order valence-electron chi connectivity index (χ1n) is 12.9. The van der Waals surface area contributed by atoms with Crippen LogP contribution in [0.5, 0.6) is 0 Å². The molecule has 1 atom stereocenters. The summed E-state index contributed by atoms with van der Waals surface area (Å²) in [6.07, 6.45) is 6.14. The molecule has 2 aromatic rings. The van der Waals surface area contributed by atoms with Crippen LogP contribution >= 0.6 is 23.5 Å². The van der Waals surface area contributed by atoms with Crippen molar-refractivity contribution < 1.29 is 19.1 Å². The molecular formula is C28H37ClN4O5S. The predicted molar refractivity (Wildman–Crippen MR) is 156 cm³/mol. The van der Waals surface area contributed by atoms with E-state index < -0.39 is 23.5 Å². The molecule has 39 heavy (non-hydrogen) atoms. The van der Waals surface area contributed by atoms with Gasteiger partial charge in [-0.1, -0.05) is 55.6 Å². The third-order valence-electron chi connectivity index (χ3n) is 5.49. The quantitative estimate of drug-likeness (QED) is 0.155. The minimum Gasteiger partial charge on any atom is -0.463 e. The molecule has 2 rings (SSSR count). The Balaban J connectivity index is 2.04. The molecule has 3 N–H and O–H groups in total. The van der Waals surface area contributed by atoms with E-state index in [4.69, 9.17) is 16.3 Å². The summed E-state index contributed by atoms with van der Waals surface area (Å²) in [4.78, 5) is 49.9. The van der Waals surface area contributed by atoms with Gasteiger partial charge in [0.15, 0.2) is 0 Å². The first-order chi connectivity index (χ1) is 18.7. The molecule has 0 saturated heterocycles. The van der Waals surface area contributed by atoms with Gasteiger partial charge in [-0.2, -0.15) is 0 Å². The van der Waals surface area contributed by atoms with Crippen molar-refractivity contribution in [3.05, 3.63) is 75.7 Å². The molecule has 1 heterocycles. The van der Waals surface area contributed by atoms with E-state index in [2.05, 4.69) is 29.2 Å². The fourth-order valence-corrected chi connectivity index (χ4v) is 4.36. The maximum Gasteiger partial charge on any atom is 0.330 e. The van der Waals surface area contributed by atoms with Crippen molar-refractivity contribution in [3.63, 3.8) is 0 Å². The van der Waals surface area contributed by atoms with Crippen molar-refractivity contribution in [2.45, 2.75) is 58.4 Å². The SMILES string of the molecule is CCOC(=O)C=CCCC(NSCc1ccc(Cl)cc1)C(=O)Nc1cccn(CC(=O)NCCC(C)C)c1=O. The molecule has 0 aliphatic rings. The van der Waals surface area contributed by atoms with Crippen LogP contribution in [-0.2, 0) is 31.4 Å². The number of benzene rings is 1. The fraction of sp³-hybridized carbons (Fsp3) is 0.429. The zero-order chi connectivity index (χ0) is 28.6. The second-order valence-electron chi connectivity index (χ2n) is 9.19. The van der Waals surface area contributed by atoms with Gasteiger partial charge in [0.05, 0.1) is 12.6 Å². The largest absolute Gasteiger partial charge is 0.463 e. The summed E-state index contributed by atoms with van der Waals surface area (Å²) in [7, 11) is 0. The van der Waals surface area contributed by atoms with Crippen LogP contribution in [0.1, 0.15) is 45.6 Å². The second kappa shape index (κ2) is 17.5. The summed E-state index contributed by atoms with van der Waals surface area (Å²) in [5, 5.41) is 6.14. The number of esters is 1. The lowest BCUT2D eigenvalue weighted by Crippen LogP contribution is -2.39. The molecule has 0 aliphatic heterocycles. The zero-order valence-electron chi connectivity index (χ0n) is 22.6. The smallest absolute Gasteiger partial charge is 0.330 e. The minimum absolute atomic E-state index is 0.0778. The highest BCUT2D eigenvalue weighted by molar-refractivity contribution is 7.96. The maximum atomic E-state index is 13.2. The standard InChI is InChI=1S/C28H37ClN4O5S/c1-4-38-26(35)10-6-5-8-23(32-39-19-21-11-13-22(29)14-12-21)27(36)31-24-9-7-17-33(28(24)37)18-25(34)30-16-15-20(2)3/h6-7,9-14,17,20,23,32H,4-5,8,15-16,18-19H2,1-3H3,(H,30,34)(H,31,36). The lowest BCUT2D eigenvalue weighted by molar-refractivity contribution is -0.137. The van der Waals surface area contributed by atoms with E-state index in [1.54, 1.807) is 31.2 Å². The Morgan fingerprint density at radius 1 is 1.13 bits per heavy atom. The van der Waals surface area contributed by atoms with Crippen LogP contribution < -0.4 is 20.9 Å². The van der Waals surface area contributed by atoms with Gasteiger partial charge in [-0.05, 0) is 61.9 Å². The third-order valence-corrected chi connectivity index (χ3v) is 6.67. The van der Waals surface area contributed by atoms with E-state index in [9.17, 15) is 19.2 Å². The number of nitrogens with one attached hydrogen (secondary N) is 3. The molecule has 1 unspecified atom stereocenters. The molecule has 0 saturated carbocycles. The average Bonchev–Trinajstić information content (AvgIpc) is 2.88. The number of hydrogen-bond acceptors (Lipinski definition) is 7. The molecule has 212 valence electrons. The second-order valence-corrected chi connectivity index (χ2v) is 10.4. The van der Waals surface area contributed by atoms with Gasteiger partial charge in [-0.15, -0.1) is 0 Å². The summed E-state index contributed by atoms with van der Waals surface area (Å²) < 4.78 is 9.31. The topological polar surface area (TPSA) is 119 Å². The Hall–Kier alpha value is -3.08. The highest BCUT2D eigenvalue weighted by Gasteiger charge is 2.19. The van der Waals surface area contributed by atoms with E-state index in [1.165, 1.54) is 34.9 Å². The predicted octanol–water partition coefficient (Wildman–Crippen LogP) is 4.31. The molecule has 0 spiro atoms. The average molecular weight is 577 g/mol. The summed E-state index contributed by atoms with van der Waals surface area (Å²) in [5.41, 5.74) is 0.629. The van der Waals surface area contributed by atoms with Crippen molar-refractivity contribution >= 4 is 47.0 Å². The monoisotopic (exact) mass is 576 g/mol. The van der Waals surface area contributed by atoms with E-state index in [0.29, 0.717) is 36.1 Å². The Morgan fingerprint density at radius 3 is 2.56 bits per heavy atom. The molecule has 1 aromatic carbocycles. The first-order valence-corrected chi connectivity index (χ1v) is 14.3. The highest BCUT2D eigenvalue weighted by atomic mass is 35.5. The molecule has 0 aliphatic carbocycles. The Bertz CT molecular complexity index is 1170. The van der Waals surface area contributed by atoms with Crippen LogP contribution in [0.2, 0.25) is 5.02 Å². The summed E-state index contributed by atoms with van der Waals surface area (Å²) in [6, 6.07) is 9.85. The Labute approximate surface area is 238 Å². The number of amides is 2. The van der Waals surface area contributed by atoms with Gasteiger partial charge in [0.25, 0.3) is 5.56 Å². The van der Waals surface area contributed by atoms with Gasteiger partial charge in [0, 0.05) is 29.6 Å². The van der Waals surface area contributed by atoms with Crippen molar-refractivity contribution in [1.29, 1.82) is 0 Å². The summed E-state index contributed by atoms with van der Waals surface area (Å²) in [5.74, 6) is -0.0733. The van der Waals surface area contributed by atoms with E-state index in [1.807, 2.05) is 12.1 Å². The molecule has 11 heteroatoms. The molecule has 9 nitrogen and oxygen atoms in total. The zero-order valence-corrected chi connectivity index (χ0v) is 24.1. The molecular weight excluding hydrogens is 540 g/mol. The number of nitrogens with zero attached hydrogens (tertiary/aromatic N) is 1.